The molecular formula is C23H21Cl2FN4O4S. The third kappa shape index (κ3) is 8.00. The first-order chi connectivity index (χ1) is 16.7. The Hall–Kier alpha value is -3.05. The zero-order chi connectivity index (χ0) is 25.4. The van der Waals surface area contributed by atoms with Crippen molar-refractivity contribution in [3.63, 3.8) is 0 Å². The lowest BCUT2D eigenvalue weighted by atomic mass is 10.2. The van der Waals surface area contributed by atoms with Crippen molar-refractivity contribution in [3.05, 3.63) is 75.0 Å². The highest BCUT2D eigenvalue weighted by Gasteiger charge is 2.22. The number of carbonyl (C=O) groups excluding carboxylic acids is 3. The first-order valence-corrected chi connectivity index (χ1v) is 11.9. The van der Waals surface area contributed by atoms with Crippen molar-refractivity contribution in [2.75, 3.05) is 37.4 Å². The lowest BCUT2D eigenvalue weighted by Gasteiger charge is -2.22. The van der Waals surface area contributed by atoms with Gasteiger partial charge in [-0.05, 0) is 42.5 Å². The number of aromatic nitrogens is 1. The van der Waals surface area contributed by atoms with E-state index in [0.29, 0.717) is 16.4 Å². The Kier molecular flexibility index (Phi) is 9.55. The van der Waals surface area contributed by atoms with E-state index in [1.54, 1.807) is 11.4 Å². The molecule has 0 spiro atoms. The van der Waals surface area contributed by atoms with E-state index in [4.69, 9.17) is 27.9 Å². The fraction of sp³-hybridized carbons (Fsp3) is 0.217. The van der Waals surface area contributed by atoms with Gasteiger partial charge in [0.05, 0.1) is 29.3 Å². The van der Waals surface area contributed by atoms with Gasteiger partial charge in [-0.3, -0.25) is 14.4 Å². The van der Waals surface area contributed by atoms with Crippen LogP contribution in [0.25, 0.3) is 0 Å². The van der Waals surface area contributed by atoms with E-state index >= 15 is 0 Å². The van der Waals surface area contributed by atoms with Crippen LogP contribution in [0, 0.1) is 5.82 Å². The van der Waals surface area contributed by atoms with E-state index in [1.807, 2.05) is 0 Å². The van der Waals surface area contributed by atoms with Gasteiger partial charge in [0.25, 0.3) is 5.91 Å². The second-order valence-electron chi connectivity index (χ2n) is 7.27. The largest absolute Gasteiger partial charge is 0.383 e. The Morgan fingerprint density at radius 2 is 1.83 bits per heavy atom. The minimum absolute atomic E-state index is 0.0305. The molecule has 0 saturated heterocycles. The number of hydrogen-bond donors (Lipinski definition) is 2. The van der Waals surface area contributed by atoms with Crippen molar-refractivity contribution in [1.82, 2.24) is 9.88 Å². The van der Waals surface area contributed by atoms with Crippen molar-refractivity contribution in [1.29, 1.82) is 0 Å². The Bertz CT molecular complexity index is 1210. The molecule has 3 aromatic rings. The Balaban J connectivity index is 1.59. The molecule has 0 fully saturated rings. The summed E-state index contributed by atoms with van der Waals surface area (Å²) in [7, 11) is 1.49. The van der Waals surface area contributed by atoms with E-state index in [2.05, 4.69) is 15.6 Å². The number of benzene rings is 2. The first-order valence-electron chi connectivity index (χ1n) is 10.3. The summed E-state index contributed by atoms with van der Waals surface area (Å²) in [6, 6.07) is 9.88. The highest BCUT2D eigenvalue weighted by molar-refractivity contribution is 7.13. The maximum Gasteiger partial charge on any atom is 0.255 e. The third-order valence-corrected chi connectivity index (χ3v) is 5.97. The van der Waals surface area contributed by atoms with Gasteiger partial charge in [0.15, 0.2) is 5.13 Å². The summed E-state index contributed by atoms with van der Waals surface area (Å²) < 4.78 is 18.0. The zero-order valence-corrected chi connectivity index (χ0v) is 20.8. The van der Waals surface area contributed by atoms with Crippen molar-refractivity contribution >= 4 is 63.1 Å². The molecule has 0 aliphatic rings. The van der Waals surface area contributed by atoms with Gasteiger partial charge in [0.2, 0.25) is 11.8 Å². The number of thiazole rings is 1. The van der Waals surface area contributed by atoms with Gasteiger partial charge in [-0.2, -0.15) is 0 Å². The van der Waals surface area contributed by atoms with Crippen LogP contribution in [0.15, 0.2) is 47.8 Å². The van der Waals surface area contributed by atoms with Gasteiger partial charge in [0.1, 0.15) is 12.4 Å². The number of methoxy groups -OCH3 is 1. The van der Waals surface area contributed by atoms with Gasteiger partial charge in [-0.25, -0.2) is 9.37 Å². The van der Waals surface area contributed by atoms with Crippen molar-refractivity contribution in [3.8, 4) is 0 Å². The molecule has 0 radical (unpaired) electrons. The monoisotopic (exact) mass is 538 g/mol. The molecular weight excluding hydrogens is 518 g/mol. The van der Waals surface area contributed by atoms with Crippen LogP contribution in [-0.4, -0.2) is 54.4 Å². The standard InChI is InChI=1S/C23H21Cl2FN4O4S/c1-34-9-8-30(22(33)18-7-2-14(24)10-19(18)25)12-21(32)29-23-28-17(13-35-23)11-20(31)27-16-5-3-15(26)4-6-16/h2-7,10,13H,8-9,11-12H2,1H3,(H,27,31)(H,28,29,32). The van der Waals surface area contributed by atoms with Crippen molar-refractivity contribution in [2.45, 2.75) is 6.42 Å². The van der Waals surface area contributed by atoms with Gasteiger partial charge in [0, 0.05) is 29.7 Å². The number of rotatable bonds is 10. The first kappa shape index (κ1) is 26.6. The Morgan fingerprint density at radius 1 is 1.09 bits per heavy atom. The van der Waals surface area contributed by atoms with E-state index in [-0.39, 0.29) is 47.7 Å². The van der Waals surface area contributed by atoms with Crippen LogP contribution < -0.4 is 10.6 Å². The average molecular weight is 539 g/mol. The quantitative estimate of drug-likeness (QED) is 0.395. The van der Waals surface area contributed by atoms with E-state index < -0.39 is 17.6 Å². The predicted octanol–water partition coefficient (Wildman–Crippen LogP) is 4.50. The molecule has 1 aromatic heterocycles. The number of amides is 3. The maximum atomic E-state index is 13.0. The molecule has 0 atom stereocenters. The number of nitrogens with zero attached hydrogens (tertiary/aromatic N) is 2. The predicted molar refractivity (Wildman–Crippen MR) is 134 cm³/mol. The van der Waals surface area contributed by atoms with Gasteiger partial charge >= 0.3 is 0 Å². The second-order valence-corrected chi connectivity index (χ2v) is 8.97. The van der Waals surface area contributed by atoms with Crippen LogP contribution in [0.1, 0.15) is 16.1 Å². The molecule has 0 unspecified atom stereocenters. The van der Waals surface area contributed by atoms with Crippen molar-refractivity contribution < 1.29 is 23.5 Å². The molecule has 35 heavy (non-hydrogen) atoms. The molecule has 0 saturated carbocycles. The zero-order valence-electron chi connectivity index (χ0n) is 18.5. The lowest BCUT2D eigenvalue weighted by molar-refractivity contribution is -0.117. The smallest absolute Gasteiger partial charge is 0.255 e. The number of anilines is 2. The SMILES string of the molecule is COCCN(CC(=O)Nc1nc(CC(=O)Nc2ccc(F)cc2)cs1)C(=O)c1ccc(Cl)cc1Cl. The van der Waals surface area contributed by atoms with E-state index in [9.17, 15) is 18.8 Å². The normalized spacial score (nSPS) is 10.6. The summed E-state index contributed by atoms with van der Waals surface area (Å²) in [5.74, 6) is -1.66. The van der Waals surface area contributed by atoms with Gasteiger partial charge in [-0.1, -0.05) is 23.2 Å². The lowest BCUT2D eigenvalue weighted by Crippen LogP contribution is -2.40. The van der Waals surface area contributed by atoms with E-state index in [0.717, 1.165) is 11.3 Å². The summed E-state index contributed by atoms with van der Waals surface area (Å²) in [6.45, 7) is 0.115. The molecule has 184 valence electrons. The molecule has 3 rings (SSSR count). The summed E-state index contributed by atoms with van der Waals surface area (Å²) in [4.78, 5) is 43.3. The second kappa shape index (κ2) is 12.6. The molecule has 0 aliphatic carbocycles. The molecule has 2 aromatic carbocycles. The van der Waals surface area contributed by atoms with Crippen LogP contribution in [-0.2, 0) is 20.7 Å². The molecule has 3 amide bonds. The Labute approximate surface area is 215 Å². The maximum absolute atomic E-state index is 13.0. The average Bonchev–Trinajstić information content (AvgIpc) is 3.24. The molecule has 0 aliphatic heterocycles. The highest BCUT2D eigenvalue weighted by atomic mass is 35.5. The minimum atomic E-state index is -0.476. The number of ether oxygens (including phenoxy) is 1. The topological polar surface area (TPSA) is 101 Å². The van der Waals surface area contributed by atoms with Crippen LogP contribution in [0.5, 0.6) is 0 Å². The molecule has 8 nitrogen and oxygen atoms in total. The van der Waals surface area contributed by atoms with Crippen LogP contribution in [0.3, 0.4) is 0 Å². The molecule has 1 heterocycles. The molecule has 0 bridgehead atoms. The fourth-order valence-electron chi connectivity index (χ4n) is 2.97. The third-order valence-electron chi connectivity index (χ3n) is 4.62. The summed E-state index contributed by atoms with van der Waals surface area (Å²) in [5.41, 5.74) is 1.12. The summed E-state index contributed by atoms with van der Waals surface area (Å²) >= 11 is 13.2. The van der Waals surface area contributed by atoms with Crippen LogP contribution in [0.2, 0.25) is 10.0 Å². The highest BCUT2D eigenvalue weighted by Crippen LogP contribution is 2.23. The number of nitrogens with one attached hydrogen (secondary N) is 2. The van der Waals surface area contributed by atoms with Crippen molar-refractivity contribution in [2.24, 2.45) is 0 Å². The number of halogens is 3. The molecule has 12 heteroatoms. The number of hydrogen-bond acceptors (Lipinski definition) is 6. The summed E-state index contributed by atoms with van der Waals surface area (Å²) in [5, 5.41) is 7.76. The van der Waals surface area contributed by atoms with Gasteiger partial charge < -0.3 is 20.3 Å². The summed E-state index contributed by atoms with van der Waals surface area (Å²) in [6.07, 6.45) is -0.0305. The minimum Gasteiger partial charge on any atom is -0.383 e. The number of carbonyl (C=O) groups is 3. The van der Waals surface area contributed by atoms with E-state index in [1.165, 1.54) is 48.4 Å². The van der Waals surface area contributed by atoms with Gasteiger partial charge in [-0.15, -0.1) is 11.3 Å². The molecule has 2 N–H and O–H groups in total. The van der Waals surface area contributed by atoms with Crippen LogP contribution >= 0.6 is 34.5 Å². The Morgan fingerprint density at radius 3 is 2.51 bits per heavy atom. The fourth-order valence-corrected chi connectivity index (χ4v) is 4.18. The van der Waals surface area contributed by atoms with Crippen LogP contribution in [0.4, 0.5) is 15.2 Å².